The van der Waals surface area contributed by atoms with Crippen LogP contribution in [0.1, 0.15) is 18.1 Å². The third kappa shape index (κ3) is 2.55. The molecule has 4 nitrogen and oxygen atoms in total. The van der Waals surface area contributed by atoms with Gasteiger partial charge in [-0.1, -0.05) is 15.9 Å². The summed E-state index contributed by atoms with van der Waals surface area (Å²) < 4.78 is 32.9. The normalized spacial score (nSPS) is 20.4. The average molecular weight is 356 g/mol. The molecular weight excluding hydrogens is 342 g/mol. The zero-order valence-electron chi connectivity index (χ0n) is 10.7. The maximum Gasteiger partial charge on any atom is 0.243 e. The Balaban J connectivity index is 1.81. The van der Waals surface area contributed by atoms with E-state index in [1.54, 1.807) is 30.5 Å². The van der Waals surface area contributed by atoms with E-state index in [-0.39, 0.29) is 5.92 Å². The molecule has 0 amide bonds. The van der Waals surface area contributed by atoms with Crippen LogP contribution in [0, 0.1) is 0 Å². The first-order chi connectivity index (χ1) is 9.57. The number of rotatable bonds is 3. The highest BCUT2D eigenvalue weighted by molar-refractivity contribution is 9.10. The van der Waals surface area contributed by atoms with Crippen LogP contribution in [0.5, 0.6) is 0 Å². The summed E-state index contributed by atoms with van der Waals surface area (Å²) >= 11 is 3.31. The molecule has 20 heavy (non-hydrogen) atoms. The molecule has 3 rings (SSSR count). The first kappa shape index (κ1) is 13.9. The maximum atomic E-state index is 12.5. The van der Waals surface area contributed by atoms with Crippen molar-refractivity contribution in [2.45, 2.75) is 17.2 Å². The summed E-state index contributed by atoms with van der Waals surface area (Å²) in [5, 5.41) is 0. The van der Waals surface area contributed by atoms with Gasteiger partial charge in [0.2, 0.25) is 10.0 Å². The summed E-state index contributed by atoms with van der Waals surface area (Å²) in [6.07, 6.45) is 2.42. The number of hydrogen-bond donors (Lipinski definition) is 0. The van der Waals surface area contributed by atoms with Crippen molar-refractivity contribution < 1.29 is 12.8 Å². The second kappa shape index (κ2) is 5.35. The molecule has 1 atom stereocenters. The topological polar surface area (TPSA) is 50.5 Å². The van der Waals surface area contributed by atoms with Gasteiger partial charge in [0.1, 0.15) is 5.76 Å². The molecule has 2 heterocycles. The molecule has 1 saturated heterocycles. The van der Waals surface area contributed by atoms with E-state index in [1.165, 1.54) is 4.31 Å². The van der Waals surface area contributed by atoms with Gasteiger partial charge in [0.25, 0.3) is 0 Å². The van der Waals surface area contributed by atoms with E-state index in [2.05, 4.69) is 15.9 Å². The largest absolute Gasteiger partial charge is 0.469 e. The molecule has 0 bridgehead atoms. The monoisotopic (exact) mass is 355 g/mol. The third-order valence-electron chi connectivity index (χ3n) is 3.55. The number of hydrogen-bond acceptors (Lipinski definition) is 3. The van der Waals surface area contributed by atoms with Crippen LogP contribution in [-0.2, 0) is 10.0 Å². The van der Waals surface area contributed by atoms with Crippen LogP contribution in [0.15, 0.2) is 56.4 Å². The van der Waals surface area contributed by atoms with Gasteiger partial charge in [-0.3, -0.25) is 0 Å². The zero-order valence-corrected chi connectivity index (χ0v) is 13.1. The molecule has 106 valence electrons. The molecular formula is C14H14BrNO3S. The van der Waals surface area contributed by atoms with Crippen LogP contribution in [0.4, 0.5) is 0 Å². The standard InChI is InChI=1S/C14H14BrNO3S/c15-12-3-5-13(6-4-12)20(17,18)16-8-7-11(10-16)14-2-1-9-19-14/h1-6,9,11H,7-8,10H2. The second-order valence-corrected chi connectivity index (χ2v) is 7.67. The van der Waals surface area contributed by atoms with Crippen LogP contribution in [0.3, 0.4) is 0 Å². The summed E-state index contributed by atoms with van der Waals surface area (Å²) in [5.41, 5.74) is 0. The lowest BCUT2D eigenvalue weighted by atomic mass is 10.1. The van der Waals surface area contributed by atoms with Crippen LogP contribution < -0.4 is 0 Å². The van der Waals surface area contributed by atoms with Crippen LogP contribution in [0.2, 0.25) is 0 Å². The number of benzene rings is 1. The van der Waals surface area contributed by atoms with Crippen molar-refractivity contribution in [3.63, 3.8) is 0 Å². The lowest BCUT2D eigenvalue weighted by molar-refractivity contribution is 0.445. The molecule has 0 N–H and O–H groups in total. The van der Waals surface area contributed by atoms with Gasteiger partial charge in [-0.05, 0) is 42.8 Å². The quantitative estimate of drug-likeness (QED) is 0.849. The smallest absolute Gasteiger partial charge is 0.243 e. The Morgan fingerprint density at radius 2 is 1.95 bits per heavy atom. The Morgan fingerprint density at radius 1 is 1.20 bits per heavy atom. The van der Waals surface area contributed by atoms with Gasteiger partial charge >= 0.3 is 0 Å². The molecule has 1 fully saturated rings. The van der Waals surface area contributed by atoms with E-state index in [1.807, 2.05) is 12.1 Å². The molecule has 1 aromatic carbocycles. The van der Waals surface area contributed by atoms with Gasteiger partial charge in [-0.25, -0.2) is 8.42 Å². The predicted octanol–water partition coefficient (Wildman–Crippen LogP) is 3.22. The van der Waals surface area contributed by atoms with E-state index < -0.39 is 10.0 Å². The van der Waals surface area contributed by atoms with Crippen LogP contribution >= 0.6 is 15.9 Å². The second-order valence-electron chi connectivity index (χ2n) is 4.82. The minimum atomic E-state index is -3.41. The molecule has 0 aliphatic carbocycles. The molecule has 1 aliphatic heterocycles. The lowest BCUT2D eigenvalue weighted by Crippen LogP contribution is -2.28. The van der Waals surface area contributed by atoms with E-state index >= 15 is 0 Å². The molecule has 0 saturated carbocycles. The highest BCUT2D eigenvalue weighted by Crippen LogP contribution is 2.31. The average Bonchev–Trinajstić information content (AvgIpc) is 3.10. The van der Waals surface area contributed by atoms with Gasteiger partial charge in [0, 0.05) is 23.5 Å². The van der Waals surface area contributed by atoms with Gasteiger partial charge in [0.15, 0.2) is 0 Å². The molecule has 0 radical (unpaired) electrons. The molecule has 0 spiro atoms. The maximum absolute atomic E-state index is 12.5. The fraction of sp³-hybridized carbons (Fsp3) is 0.286. The first-order valence-corrected chi connectivity index (χ1v) is 8.60. The number of halogens is 1. The van der Waals surface area contributed by atoms with Crippen LogP contribution in [0.25, 0.3) is 0 Å². The summed E-state index contributed by atoms with van der Waals surface area (Å²) in [6.45, 7) is 1.01. The Morgan fingerprint density at radius 3 is 2.60 bits per heavy atom. The zero-order chi connectivity index (χ0) is 14.2. The van der Waals surface area contributed by atoms with Crippen LogP contribution in [-0.4, -0.2) is 25.8 Å². The van der Waals surface area contributed by atoms with Crippen molar-refractivity contribution in [2.75, 3.05) is 13.1 Å². The molecule has 6 heteroatoms. The minimum Gasteiger partial charge on any atom is -0.469 e. The van der Waals surface area contributed by atoms with Gasteiger partial charge in [0.05, 0.1) is 11.2 Å². The third-order valence-corrected chi connectivity index (χ3v) is 5.96. The fourth-order valence-electron chi connectivity index (χ4n) is 2.46. The van der Waals surface area contributed by atoms with Gasteiger partial charge in [-0.15, -0.1) is 0 Å². The van der Waals surface area contributed by atoms with Crippen molar-refractivity contribution >= 4 is 26.0 Å². The fourth-order valence-corrected chi connectivity index (χ4v) is 4.22. The summed E-state index contributed by atoms with van der Waals surface area (Å²) in [7, 11) is -3.41. The Labute approximate surface area is 126 Å². The van der Waals surface area contributed by atoms with Crippen molar-refractivity contribution in [3.8, 4) is 0 Å². The van der Waals surface area contributed by atoms with E-state index in [4.69, 9.17) is 4.42 Å². The minimum absolute atomic E-state index is 0.148. The Bertz CT molecular complexity index is 680. The number of nitrogens with zero attached hydrogens (tertiary/aromatic N) is 1. The van der Waals surface area contributed by atoms with E-state index in [9.17, 15) is 8.42 Å². The van der Waals surface area contributed by atoms with Crippen molar-refractivity contribution in [1.29, 1.82) is 0 Å². The van der Waals surface area contributed by atoms with Gasteiger partial charge < -0.3 is 4.42 Å². The number of sulfonamides is 1. The Kier molecular flexibility index (Phi) is 3.70. The molecule has 2 aromatic rings. The van der Waals surface area contributed by atoms with Crippen molar-refractivity contribution in [1.82, 2.24) is 4.31 Å². The summed E-state index contributed by atoms with van der Waals surface area (Å²) in [5.74, 6) is 1.01. The first-order valence-electron chi connectivity index (χ1n) is 6.36. The van der Waals surface area contributed by atoms with E-state index in [0.29, 0.717) is 18.0 Å². The molecule has 1 aliphatic rings. The van der Waals surface area contributed by atoms with Crippen molar-refractivity contribution in [3.05, 3.63) is 52.9 Å². The predicted molar refractivity (Wildman–Crippen MR) is 79.0 cm³/mol. The summed E-state index contributed by atoms with van der Waals surface area (Å²) in [4.78, 5) is 0.334. The lowest BCUT2D eigenvalue weighted by Gasteiger charge is -2.16. The Hall–Kier alpha value is -1.11. The summed E-state index contributed by atoms with van der Waals surface area (Å²) in [6, 6.07) is 10.5. The van der Waals surface area contributed by atoms with E-state index in [0.717, 1.165) is 16.7 Å². The number of furan rings is 1. The van der Waals surface area contributed by atoms with Crippen molar-refractivity contribution in [2.24, 2.45) is 0 Å². The molecule has 1 aromatic heterocycles. The SMILES string of the molecule is O=S(=O)(c1ccc(Br)cc1)N1CCC(c2ccco2)C1. The van der Waals surface area contributed by atoms with Gasteiger partial charge in [-0.2, -0.15) is 4.31 Å². The molecule has 1 unspecified atom stereocenters. The highest BCUT2D eigenvalue weighted by Gasteiger charge is 2.34. The highest BCUT2D eigenvalue weighted by atomic mass is 79.9.